The minimum Gasteiger partial charge on any atom is -0.478 e. The summed E-state index contributed by atoms with van der Waals surface area (Å²) in [5, 5.41) is 14.0. The van der Waals surface area contributed by atoms with Crippen LogP contribution < -0.4 is 19.8 Å². The van der Waals surface area contributed by atoms with Gasteiger partial charge in [-0.2, -0.15) is 13.2 Å². The number of nitrogens with zero attached hydrogens (tertiary/aromatic N) is 5. The lowest BCUT2D eigenvalue weighted by atomic mass is 9.96. The van der Waals surface area contributed by atoms with Crippen LogP contribution in [0.2, 0.25) is 5.02 Å². The van der Waals surface area contributed by atoms with E-state index in [4.69, 9.17) is 11.6 Å². The average Bonchev–Trinajstić information content (AvgIpc) is 3.69. The number of sulfone groups is 1. The SMILES string of the molecule is CCn1c(C)c(C(=O)O)c(-c2cc(F)cc(N3CCN(c4ccc(NS(=O)(=O)c5ccc(N[C@H](CCN6CCN(SC)CC6)CSc6ccccc6)c(S(=O)(=O)C(F)(F)F)c5)cc4)CC3)c2)c1-c1ccc(Cl)cc1. The van der Waals surface area contributed by atoms with Gasteiger partial charge in [0.05, 0.1) is 21.8 Å². The average molecular weight is 1110 g/mol. The fraction of sp³-hybridized carbons (Fsp3) is 0.327. The maximum Gasteiger partial charge on any atom is 0.501 e. The van der Waals surface area contributed by atoms with Gasteiger partial charge >= 0.3 is 11.5 Å². The van der Waals surface area contributed by atoms with Gasteiger partial charge in [0, 0.05) is 115 Å². The quantitative estimate of drug-likeness (QED) is 0.0402. The summed E-state index contributed by atoms with van der Waals surface area (Å²) in [6, 6.07) is 29.6. The van der Waals surface area contributed by atoms with E-state index in [1.54, 1.807) is 49.2 Å². The highest BCUT2D eigenvalue weighted by atomic mass is 35.5. The van der Waals surface area contributed by atoms with E-state index in [0.717, 1.165) is 54.5 Å². The van der Waals surface area contributed by atoms with Crippen LogP contribution in [0.3, 0.4) is 0 Å². The number of halogens is 5. The molecule has 0 saturated carbocycles. The maximum absolute atomic E-state index is 15.6. The maximum atomic E-state index is 15.6. The molecule has 8 rings (SSSR count). The van der Waals surface area contributed by atoms with E-state index in [1.807, 2.05) is 65.1 Å². The number of carbonyl (C=O) groups is 1. The number of anilines is 4. The number of rotatable bonds is 19. The van der Waals surface area contributed by atoms with Crippen LogP contribution in [0.5, 0.6) is 0 Å². The summed E-state index contributed by atoms with van der Waals surface area (Å²) in [6.45, 7) is 9.91. The molecule has 1 aromatic heterocycles. The third-order valence-electron chi connectivity index (χ3n) is 13.3. The van der Waals surface area contributed by atoms with Gasteiger partial charge in [-0.05, 0) is 123 Å². The first kappa shape index (κ1) is 54.8. The van der Waals surface area contributed by atoms with Crippen LogP contribution in [0.25, 0.3) is 22.4 Å². The smallest absolute Gasteiger partial charge is 0.478 e. The lowest BCUT2D eigenvalue weighted by Crippen LogP contribution is -2.46. The number of aromatic nitrogens is 1. The number of carboxylic acid groups (broad SMARTS) is 1. The van der Waals surface area contributed by atoms with Crippen molar-refractivity contribution in [1.82, 2.24) is 13.8 Å². The molecule has 0 aliphatic carbocycles. The Labute approximate surface area is 443 Å². The van der Waals surface area contributed by atoms with Crippen molar-refractivity contribution in [1.29, 1.82) is 0 Å². The third-order valence-corrected chi connectivity index (χ3v) is 18.5. The fourth-order valence-electron chi connectivity index (χ4n) is 9.40. The Kier molecular flexibility index (Phi) is 17.2. The topological polar surface area (TPSA) is 148 Å². The molecule has 0 unspecified atom stereocenters. The number of sulfonamides is 1. The molecule has 74 heavy (non-hydrogen) atoms. The van der Waals surface area contributed by atoms with E-state index in [0.29, 0.717) is 90.7 Å². The fourth-order valence-corrected chi connectivity index (χ4v) is 13.2. The van der Waals surface area contributed by atoms with E-state index in [2.05, 4.69) is 24.1 Å². The van der Waals surface area contributed by atoms with Crippen molar-refractivity contribution in [2.24, 2.45) is 0 Å². The Morgan fingerprint density at radius 3 is 2.05 bits per heavy atom. The van der Waals surface area contributed by atoms with Gasteiger partial charge in [0.15, 0.2) is 0 Å². The Hall–Kier alpha value is -5.42. The summed E-state index contributed by atoms with van der Waals surface area (Å²) in [7, 11) is -10.6. The van der Waals surface area contributed by atoms with Crippen molar-refractivity contribution in [3.05, 3.63) is 137 Å². The molecule has 0 radical (unpaired) electrons. The number of aromatic carboxylic acids is 1. The van der Waals surface area contributed by atoms with E-state index < -0.39 is 53.0 Å². The minimum absolute atomic E-state index is 0.0775. The van der Waals surface area contributed by atoms with Gasteiger partial charge < -0.3 is 29.7 Å². The molecule has 6 aromatic rings. The lowest BCUT2D eigenvalue weighted by molar-refractivity contribution is -0.0436. The summed E-state index contributed by atoms with van der Waals surface area (Å²) >= 11 is 9.34. The number of nitrogens with one attached hydrogen (secondary N) is 2. The van der Waals surface area contributed by atoms with Gasteiger partial charge in [-0.1, -0.05) is 53.9 Å². The van der Waals surface area contributed by atoms with Crippen LogP contribution in [0.4, 0.5) is 40.3 Å². The second kappa shape index (κ2) is 23.2. The summed E-state index contributed by atoms with van der Waals surface area (Å²) < 4.78 is 119. The monoisotopic (exact) mass is 1110 g/mol. The molecule has 3 heterocycles. The number of thioether (sulfide) groups is 1. The molecule has 13 nitrogen and oxygen atoms in total. The van der Waals surface area contributed by atoms with Crippen LogP contribution in [-0.4, -0.2) is 124 Å². The number of piperazine rings is 2. The third kappa shape index (κ3) is 12.5. The second-order valence-electron chi connectivity index (χ2n) is 17.9. The molecule has 2 aliphatic rings. The molecule has 22 heteroatoms. The van der Waals surface area contributed by atoms with Crippen LogP contribution in [0, 0.1) is 12.7 Å². The molecule has 0 bridgehead atoms. The van der Waals surface area contributed by atoms with Crippen molar-refractivity contribution in [3.63, 3.8) is 0 Å². The zero-order valence-electron chi connectivity index (χ0n) is 40.8. The zero-order chi connectivity index (χ0) is 53.0. The van der Waals surface area contributed by atoms with E-state index >= 15 is 4.39 Å². The van der Waals surface area contributed by atoms with E-state index in [1.165, 1.54) is 36.0 Å². The van der Waals surface area contributed by atoms with Crippen molar-refractivity contribution in [3.8, 4) is 22.4 Å². The number of carboxylic acids is 1. The highest BCUT2D eigenvalue weighted by molar-refractivity contribution is 7.99. The Morgan fingerprint density at radius 1 is 0.797 bits per heavy atom. The van der Waals surface area contributed by atoms with Crippen LogP contribution in [0.1, 0.15) is 29.4 Å². The van der Waals surface area contributed by atoms with Crippen LogP contribution >= 0.6 is 35.3 Å². The first-order valence-electron chi connectivity index (χ1n) is 23.8. The molecule has 2 saturated heterocycles. The first-order valence-corrected chi connectivity index (χ1v) is 29.3. The number of alkyl halides is 3. The molecule has 1 atom stereocenters. The largest absolute Gasteiger partial charge is 0.501 e. The normalized spacial score (nSPS) is 15.6. The van der Waals surface area contributed by atoms with Crippen molar-refractivity contribution >= 4 is 83.9 Å². The summed E-state index contributed by atoms with van der Waals surface area (Å²) in [5.41, 5.74) is -1.90. The number of benzene rings is 5. The predicted molar refractivity (Wildman–Crippen MR) is 290 cm³/mol. The highest BCUT2D eigenvalue weighted by Crippen LogP contribution is 2.42. The molecular formula is C52H56ClF4N7O6S4. The predicted octanol–water partition coefficient (Wildman–Crippen LogP) is 10.9. The summed E-state index contributed by atoms with van der Waals surface area (Å²) in [5.74, 6) is -1.28. The molecule has 0 amide bonds. The molecule has 3 N–H and O–H groups in total. The van der Waals surface area contributed by atoms with Crippen molar-refractivity contribution in [2.75, 3.05) is 90.8 Å². The molecule has 5 aromatic carbocycles. The number of hydrogen-bond acceptors (Lipinski definition) is 12. The summed E-state index contributed by atoms with van der Waals surface area (Å²) in [4.78, 5) is 18.1. The molecule has 2 aliphatic heterocycles. The zero-order valence-corrected chi connectivity index (χ0v) is 44.8. The van der Waals surface area contributed by atoms with Gasteiger partial charge in [0.2, 0.25) is 0 Å². The van der Waals surface area contributed by atoms with Gasteiger partial charge in [-0.3, -0.25) is 4.72 Å². The van der Waals surface area contributed by atoms with Gasteiger partial charge in [-0.15, -0.1) is 11.8 Å². The second-order valence-corrected chi connectivity index (χ2v) is 23.9. The van der Waals surface area contributed by atoms with E-state index in [9.17, 15) is 39.9 Å². The highest BCUT2D eigenvalue weighted by Gasteiger charge is 2.48. The van der Waals surface area contributed by atoms with Crippen LogP contribution in [0.15, 0.2) is 130 Å². The Bertz CT molecular complexity index is 3170. The standard InChI is InChI=1S/C52H56ClF4N7O6S4/c1-4-64-35(2)48(51(65)66)49(50(64)36-10-12-38(53)13-11-36)37-30-39(54)32-43(31-37)62-26-24-61(25-27-62)42-16-14-40(15-17-42)59-74(69,70)45-18-19-46(47(33-45)73(67,68)52(55,56)57)58-41(34-72-44-8-6-5-7-9-44)20-21-60-22-28-63(71-3)29-23-60/h5-19,30-33,41,58-59H,4,20-29,34H2,1-3H3,(H,65,66)/t41-/m1/s1. The minimum atomic E-state index is -6.03. The first-order chi connectivity index (χ1) is 35.3. The molecule has 394 valence electrons. The molecular weight excluding hydrogens is 1060 g/mol. The molecule has 2 fully saturated rings. The van der Waals surface area contributed by atoms with Gasteiger partial charge in [0.25, 0.3) is 19.9 Å². The van der Waals surface area contributed by atoms with E-state index in [-0.39, 0.29) is 16.9 Å². The Balaban J connectivity index is 0.972. The summed E-state index contributed by atoms with van der Waals surface area (Å²) in [6.07, 6.45) is 2.49. The van der Waals surface area contributed by atoms with Crippen LogP contribution in [-0.2, 0) is 26.4 Å². The Morgan fingerprint density at radius 2 is 1.45 bits per heavy atom. The molecule has 0 spiro atoms. The van der Waals surface area contributed by atoms with Crippen molar-refractivity contribution < 1.29 is 44.3 Å². The lowest BCUT2D eigenvalue weighted by Gasteiger charge is -2.37. The van der Waals surface area contributed by atoms with Gasteiger partial charge in [-0.25, -0.2) is 30.3 Å². The number of hydrogen-bond donors (Lipinski definition) is 3. The van der Waals surface area contributed by atoms with Gasteiger partial charge in [0.1, 0.15) is 10.7 Å². The van der Waals surface area contributed by atoms with Crippen molar-refractivity contribution in [2.45, 2.75) is 53.0 Å².